The first-order chi connectivity index (χ1) is 10.4. The molecule has 2 aliphatic heterocycles. The van der Waals surface area contributed by atoms with Crippen molar-refractivity contribution in [2.24, 2.45) is 4.99 Å². The first-order valence-corrected chi connectivity index (χ1v) is 6.65. The molecule has 5 nitrogen and oxygen atoms in total. The molecule has 0 aromatic heterocycles. The van der Waals surface area contributed by atoms with Crippen molar-refractivity contribution in [1.29, 1.82) is 0 Å². The second-order valence-electron chi connectivity index (χ2n) is 4.72. The van der Waals surface area contributed by atoms with Crippen LogP contribution in [0.15, 0.2) is 53.3 Å². The zero-order valence-electron chi connectivity index (χ0n) is 11.0. The fourth-order valence-electron chi connectivity index (χ4n) is 2.36. The molecule has 1 aromatic carbocycles. The summed E-state index contributed by atoms with van der Waals surface area (Å²) in [6.07, 6.45) is 0.939. The van der Waals surface area contributed by atoms with E-state index in [9.17, 15) is 18.7 Å². The maximum Gasteiger partial charge on any atom is 0.340 e. The van der Waals surface area contributed by atoms with Gasteiger partial charge in [-0.3, -0.25) is 5.43 Å². The molecule has 1 atom stereocenters. The van der Waals surface area contributed by atoms with Gasteiger partial charge in [0.2, 0.25) is 5.54 Å². The Kier molecular flexibility index (Phi) is 3.37. The van der Waals surface area contributed by atoms with Crippen molar-refractivity contribution in [1.82, 2.24) is 10.4 Å². The lowest BCUT2D eigenvalue weighted by Gasteiger charge is -2.33. The van der Waals surface area contributed by atoms with E-state index in [1.807, 2.05) is 0 Å². The van der Waals surface area contributed by atoms with Crippen LogP contribution in [0.4, 0.5) is 8.78 Å². The fourth-order valence-corrected chi connectivity index (χ4v) is 2.48. The summed E-state index contributed by atoms with van der Waals surface area (Å²) < 4.78 is 26.6. The molecule has 2 N–H and O–H groups in total. The van der Waals surface area contributed by atoms with Crippen LogP contribution in [-0.2, 0) is 10.3 Å². The largest absolute Gasteiger partial charge is 0.479 e. The third-order valence-corrected chi connectivity index (χ3v) is 3.66. The minimum Gasteiger partial charge on any atom is -0.479 e. The molecule has 8 heteroatoms. The number of hydrogen-bond donors (Lipinski definition) is 2. The molecule has 3 rings (SSSR count). The van der Waals surface area contributed by atoms with Gasteiger partial charge >= 0.3 is 5.97 Å². The molecule has 1 unspecified atom stereocenters. The number of nitrogens with one attached hydrogen (secondary N) is 1. The number of hydrazine groups is 1. The van der Waals surface area contributed by atoms with E-state index >= 15 is 0 Å². The molecular weight excluding hydrogens is 316 g/mol. The second kappa shape index (κ2) is 5.10. The second-order valence-corrected chi connectivity index (χ2v) is 5.15. The Labute approximate surface area is 129 Å². The number of nitrogens with zero attached hydrogens (tertiary/aromatic N) is 2. The van der Waals surface area contributed by atoms with Gasteiger partial charge in [-0.1, -0.05) is 23.7 Å². The van der Waals surface area contributed by atoms with Crippen LogP contribution in [0.3, 0.4) is 0 Å². The van der Waals surface area contributed by atoms with Crippen LogP contribution in [0.1, 0.15) is 5.56 Å². The van der Waals surface area contributed by atoms with Crippen molar-refractivity contribution in [3.8, 4) is 0 Å². The Morgan fingerprint density at radius 3 is 2.64 bits per heavy atom. The van der Waals surface area contributed by atoms with Crippen LogP contribution in [0.5, 0.6) is 0 Å². The lowest BCUT2D eigenvalue weighted by molar-refractivity contribution is -0.141. The lowest BCUT2D eigenvalue weighted by Crippen LogP contribution is -2.45. The molecule has 0 aliphatic carbocycles. The third kappa shape index (κ3) is 2.14. The van der Waals surface area contributed by atoms with Gasteiger partial charge in [-0.15, -0.1) is 0 Å². The Morgan fingerprint density at radius 2 is 2.05 bits per heavy atom. The smallest absolute Gasteiger partial charge is 0.340 e. The van der Waals surface area contributed by atoms with Gasteiger partial charge in [-0.05, 0) is 29.8 Å². The summed E-state index contributed by atoms with van der Waals surface area (Å²) in [6, 6.07) is 5.91. The summed E-state index contributed by atoms with van der Waals surface area (Å²) in [4.78, 5) is 16.0. The fraction of sp³-hybridized carbons (Fsp3) is 0.143. The molecular formula is C14H10ClF2N3O2. The molecule has 0 amide bonds. The number of rotatable bonds is 3. The van der Waals surface area contributed by atoms with Crippen LogP contribution < -0.4 is 5.43 Å². The predicted molar refractivity (Wildman–Crippen MR) is 76.4 cm³/mol. The number of benzene rings is 1. The van der Waals surface area contributed by atoms with Crippen LogP contribution in [-0.4, -0.2) is 28.3 Å². The highest BCUT2D eigenvalue weighted by Gasteiger charge is 2.45. The number of carbonyl (C=O) groups is 1. The van der Waals surface area contributed by atoms with E-state index in [4.69, 9.17) is 11.6 Å². The number of aliphatic carboxylic acids is 1. The van der Waals surface area contributed by atoms with E-state index in [0.717, 1.165) is 11.1 Å². The van der Waals surface area contributed by atoms with Crippen molar-refractivity contribution >= 4 is 23.4 Å². The Morgan fingerprint density at radius 1 is 1.36 bits per heavy atom. The van der Waals surface area contributed by atoms with Crippen LogP contribution in [0.25, 0.3) is 0 Å². The number of carboxylic acids is 1. The predicted octanol–water partition coefficient (Wildman–Crippen LogP) is 2.51. The van der Waals surface area contributed by atoms with Gasteiger partial charge in [0, 0.05) is 11.2 Å². The van der Waals surface area contributed by atoms with E-state index in [2.05, 4.69) is 10.4 Å². The van der Waals surface area contributed by atoms with Gasteiger partial charge in [0.05, 0.1) is 0 Å². The SMILES string of the molecule is O=C(O)C1(c2ccc(Cl)cc2)C=C(C(F)F)N2NC=CC2=N1. The minimum atomic E-state index is -2.86. The first kappa shape index (κ1) is 14.5. The molecule has 1 aromatic rings. The van der Waals surface area contributed by atoms with Gasteiger partial charge in [0.1, 0.15) is 11.5 Å². The van der Waals surface area contributed by atoms with Gasteiger partial charge < -0.3 is 5.11 Å². The van der Waals surface area contributed by atoms with Crippen molar-refractivity contribution in [3.63, 3.8) is 0 Å². The van der Waals surface area contributed by atoms with E-state index in [-0.39, 0.29) is 11.4 Å². The zero-order chi connectivity index (χ0) is 15.9. The average molecular weight is 326 g/mol. The summed E-state index contributed by atoms with van der Waals surface area (Å²) >= 11 is 5.80. The number of fused-ring (bicyclic) bond motifs is 1. The van der Waals surface area contributed by atoms with Gasteiger partial charge in [-0.25, -0.2) is 23.6 Å². The van der Waals surface area contributed by atoms with Crippen molar-refractivity contribution in [2.75, 3.05) is 0 Å². The highest BCUT2D eigenvalue weighted by molar-refractivity contribution is 6.30. The van der Waals surface area contributed by atoms with E-state index in [1.165, 1.54) is 36.5 Å². The van der Waals surface area contributed by atoms with Gasteiger partial charge in [0.15, 0.2) is 0 Å². The highest BCUT2D eigenvalue weighted by atomic mass is 35.5. The van der Waals surface area contributed by atoms with E-state index in [0.29, 0.717) is 5.02 Å². The van der Waals surface area contributed by atoms with Crippen molar-refractivity contribution in [2.45, 2.75) is 12.0 Å². The topological polar surface area (TPSA) is 64.9 Å². The average Bonchev–Trinajstić information content (AvgIpc) is 2.94. The third-order valence-electron chi connectivity index (χ3n) is 3.40. The van der Waals surface area contributed by atoms with Crippen LogP contribution >= 0.6 is 11.6 Å². The number of halogens is 3. The quantitative estimate of drug-likeness (QED) is 0.896. The van der Waals surface area contributed by atoms with E-state index in [1.54, 1.807) is 0 Å². The number of allylic oxidation sites excluding steroid dienone is 1. The molecule has 2 heterocycles. The molecule has 0 radical (unpaired) electrons. The summed E-state index contributed by atoms with van der Waals surface area (Å²) in [5, 5.41) is 11.1. The number of aliphatic imine (C=N–C) groups is 1. The standard InChI is InChI=1S/C14H10ClF2N3O2/c15-9-3-1-8(2-4-9)14(13(21)22)7-10(12(16)17)20-11(19-14)5-6-18-20/h1-7,12,18H,(H,21,22). The van der Waals surface area contributed by atoms with Crippen LogP contribution in [0, 0.1) is 0 Å². The molecule has 0 spiro atoms. The molecule has 22 heavy (non-hydrogen) atoms. The summed E-state index contributed by atoms with van der Waals surface area (Å²) in [6.45, 7) is 0. The molecule has 0 saturated carbocycles. The molecule has 0 saturated heterocycles. The number of amidine groups is 1. The van der Waals surface area contributed by atoms with E-state index < -0.39 is 23.6 Å². The molecule has 0 fully saturated rings. The summed E-state index contributed by atoms with van der Waals surface area (Å²) in [5.74, 6) is -1.24. The number of hydrogen-bond acceptors (Lipinski definition) is 4. The highest BCUT2D eigenvalue weighted by Crippen LogP contribution is 2.36. The maximum absolute atomic E-state index is 13.3. The lowest BCUT2D eigenvalue weighted by atomic mass is 9.88. The monoisotopic (exact) mass is 325 g/mol. The molecule has 114 valence electrons. The van der Waals surface area contributed by atoms with Gasteiger partial charge in [0.25, 0.3) is 6.43 Å². The zero-order valence-corrected chi connectivity index (χ0v) is 11.8. The van der Waals surface area contributed by atoms with Crippen LogP contribution in [0.2, 0.25) is 5.02 Å². The van der Waals surface area contributed by atoms with Crippen molar-refractivity contribution < 1.29 is 18.7 Å². The van der Waals surface area contributed by atoms with Crippen molar-refractivity contribution in [3.05, 3.63) is 58.9 Å². The number of alkyl halides is 2. The first-order valence-electron chi connectivity index (χ1n) is 6.27. The number of carboxylic acid groups (broad SMARTS) is 1. The Bertz CT molecular complexity index is 715. The molecule has 0 bridgehead atoms. The van der Waals surface area contributed by atoms with Gasteiger partial charge in [-0.2, -0.15) is 0 Å². The summed E-state index contributed by atoms with van der Waals surface area (Å²) in [7, 11) is 0. The Hall–Kier alpha value is -2.41. The minimum absolute atomic E-state index is 0.107. The molecule has 2 aliphatic rings. The summed E-state index contributed by atoms with van der Waals surface area (Å²) in [5.41, 5.74) is 0.449. The normalized spacial score (nSPS) is 23.0. The Balaban J connectivity index is 2.21. The maximum atomic E-state index is 13.3.